The molecule has 0 aliphatic carbocycles. The van der Waals surface area contributed by atoms with E-state index in [9.17, 15) is 0 Å². The van der Waals surface area contributed by atoms with Gasteiger partial charge in [-0.25, -0.2) is 4.99 Å². The summed E-state index contributed by atoms with van der Waals surface area (Å²) in [7, 11) is 0. The number of guanidine groups is 1. The van der Waals surface area contributed by atoms with Crippen molar-refractivity contribution in [2.45, 2.75) is 59.4 Å². The van der Waals surface area contributed by atoms with Crippen molar-refractivity contribution in [2.24, 2.45) is 10.7 Å². The molecule has 1 aromatic heterocycles. The molecule has 0 amide bonds. The number of aromatic nitrogens is 2. The molecule has 0 bridgehead atoms. The van der Waals surface area contributed by atoms with E-state index < -0.39 is 0 Å². The van der Waals surface area contributed by atoms with Crippen LogP contribution in [0.4, 0.5) is 5.69 Å². The smallest absolute Gasteiger partial charge is 0.232 e. The van der Waals surface area contributed by atoms with Crippen LogP contribution in [0.2, 0.25) is 0 Å². The van der Waals surface area contributed by atoms with Gasteiger partial charge in [0.15, 0.2) is 11.8 Å². The van der Waals surface area contributed by atoms with Crippen molar-refractivity contribution in [3.05, 3.63) is 41.0 Å². The van der Waals surface area contributed by atoms with E-state index in [1.54, 1.807) is 0 Å². The van der Waals surface area contributed by atoms with Gasteiger partial charge >= 0.3 is 0 Å². The summed E-state index contributed by atoms with van der Waals surface area (Å²) in [5, 5.41) is 7.18. The summed E-state index contributed by atoms with van der Waals surface area (Å²) in [5.41, 5.74) is 9.37. The monoisotopic (exact) mass is 329 g/mol. The van der Waals surface area contributed by atoms with Gasteiger partial charge in [0.2, 0.25) is 5.89 Å². The standard InChI is InChI=1S/C18H27N5O/c1-6-12-9-8-10-13(7-2)15(12)22-17(19)20-11-14-21-16(24-23-14)18(3,4)5/h8-10H,6-7,11H2,1-5H3,(H3,19,20,22). The number of aliphatic imine (C=N–C) groups is 1. The molecular formula is C18H27N5O. The van der Waals surface area contributed by atoms with Gasteiger partial charge in [0.05, 0.1) is 0 Å². The van der Waals surface area contributed by atoms with Crippen LogP contribution in [-0.2, 0) is 24.8 Å². The minimum absolute atomic E-state index is 0.172. The molecule has 0 saturated heterocycles. The topological polar surface area (TPSA) is 89.3 Å². The van der Waals surface area contributed by atoms with Crippen LogP contribution in [0, 0.1) is 0 Å². The number of para-hydroxylation sites is 1. The maximum Gasteiger partial charge on any atom is 0.232 e. The summed E-state index contributed by atoms with van der Waals surface area (Å²) >= 11 is 0. The number of aryl methyl sites for hydroxylation is 2. The number of hydrogen-bond donors (Lipinski definition) is 2. The Labute approximate surface area is 143 Å². The summed E-state index contributed by atoms with van der Waals surface area (Å²) in [5.74, 6) is 1.49. The van der Waals surface area contributed by atoms with E-state index in [1.807, 2.05) is 20.8 Å². The fraction of sp³-hybridized carbons (Fsp3) is 0.500. The third-order valence-electron chi connectivity index (χ3n) is 3.75. The van der Waals surface area contributed by atoms with Crippen LogP contribution >= 0.6 is 0 Å². The van der Waals surface area contributed by atoms with Gasteiger partial charge < -0.3 is 15.6 Å². The van der Waals surface area contributed by atoms with Crippen molar-refractivity contribution in [2.75, 3.05) is 5.32 Å². The second-order valence-electron chi connectivity index (χ2n) is 6.75. The van der Waals surface area contributed by atoms with E-state index >= 15 is 0 Å². The van der Waals surface area contributed by atoms with Gasteiger partial charge in [0, 0.05) is 11.1 Å². The molecule has 0 atom stereocenters. The van der Waals surface area contributed by atoms with Gasteiger partial charge in [0.1, 0.15) is 6.54 Å². The van der Waals surface area contributed by atoms with Gasteiger partial charge in [-0.3, -0.25) is 0 Å². The molecule has 3 N–H and O–H groups in total. The highest BCUT2D eigenvalue weighted by Gasteiger charge is 2.21. The normalized spacial score (nSPS) is 12.5. The van der Waals surface area contributed by atoms with Crippen molar-refractivity contribution in [3.63, 3.8) is 0 Å². The van der Waals surface area contributed by atoms with E-state index in [1.165, 1.54) is 11.1 Å². The first-order valence-electron chi connectivity index (χ1n) is 8.35. The van der Waals surface area contributed by atoms with E-state index in [0.717, 1.165) is 18.5 Å². The van der Waals surface area contributed by atoms with Crippen LogP contribution in [0.1, 0.15) is 57.5 Å². The highest BCUT2D eigenvalue weighted by molar-refractivity contribution is 5.93. The largest absolute Gasteiger partial charge is 0.370 e. The molecule has 6 heteroatoms. The van der Waals surface area contributed by atoms with Crippen molar-refractivity contribution < 1.29 is 4.52 Å². The van der Waals surface area contributed by atoms with Crippen molar-refractivity contribution in [1.29, 1.82) is 0 Å². The number of anilines is 1. The Morgan fingerprint density at radius 3 is 2.33 bits per heavy atom. The Balaban J connectivity index is 2.11. The summed E-state index contributed by atoms with van der Waals surface area (Å²) in [6, 6.07) is 6.27. The van der Waals surface area contributed by atoms with Crippen LogP contribution in [0.3, 0.4) is 0 Å². The van der Waals surface area contributed by atoms with Crippen molar-refractivity contribution in [3.8, 4) is 0 Å². The van der Waals surface area contributed by atoms with E-state index in [2.05, 4.69) is 52.5 Å². The van der Waals surface area contributed by atoms with Crippen molar-refractivity contribution >= 4 is 11.6 Å². The lowest BCUT2D eigenvalue weighted by atomic mass is 9.97. The average molecular weight is 329 g/mol. The zero-order valence-electron chi connectivity index (χ0n) is 15.2. The number of nitrogens with zero attached hydrogens (tertiary/aromatic N) is 3. The number of nitrogens with two attached hydrogens (primary N) is 1. The lowest BCUT2D eigenvalue weighted by molar-refractivity contribution is 0.318. The van der Waals surface area contributed by atoms with Gasteiger partial charge in [-0.15, -0.1) is 0 Å². The molecule has 6 nitrogen and oxygen atoms in total. The summed E-state index contributed by atoms with van der Waals surface area (Å²) < 4.78 is 5.26. The quantitative estimate of drug-likeness (QED) is 0.648. The van der Waals surface area contributed by atoms with E-state index in [4.69, 9.17) is 10.3 Å². The van der Waals surface area contributed by atoms with Crippen LogP contribution < -0.4 is 11.1 Å². The fourth-order valence-corrected chi connectivity index (χ4v) is 2.35. The molecule has 0 fully saturated rings. The molecule has 0 aliphatic rings. The van der Waals surface area contributed by atoms with Crippen LogP contribution in [0.5, 0.6) is 0 Å². The Morgan fingerprint density at radius 2 is 1.83 bits per heavy atom. The summed E-state index contributed by atoms with van der Waals surface area (Å²) in [4.78, 5) is 8.69. The number of benzene rings is 1. The highest BCUT2D eigenvalue weighted by Crippen LogP contribution is 2.22. The molecule has 0 saturated carbocycles. The third kappa shape index (κ3) is 4.34. The average Bonchev–Trinajstić information content (AvgIpc) is 3.02. The van der Waals surface area contributed by atoms with Gasteiger partial charge in [-0.05, 0) is 24.0 Å². The lowest BCUT2D eigenvalue weighted by Gasteiger charge is -2.14. The molecule has 0 radical (unpaired) electrons. The van der Waals surface area contributed by atoms with Crippen molar-refractivity contribution in [1.82, 2.24) is 10.1 Å². The first-order valence-corrected chi connectivity index (χ1v) is 8.35. The molecule has 2 aromatic rings. The maximum atomic E-state index is 6.05. The number of rotatable bonds is 5. The minimum Gasteiger partial charge on any atom is -0.370 e. The summed E-state index contributed by atoms with van der Waals surface area (Å²) in [6.45, 7) is 10.6. The van der Waals surface area contributed by atoms with Gasteiger partial charge in [-0.2, -0.15) is 4.98 Å². The zero-order chi connectivity index (χ0) is 17.7. The fourth-order valence-electron chi connectivity index (χ4n) is 2.35. The molecule has 0 spiro atoms. The van der Waals surface area contributed by atoms with Gasteiger partial charge in [-0.1, -0.05) is 58.0 Å². The Hall–Kier alpha value is -2.37. The molecule has 1 heterocycles. The predicted molar refractivity (Wildman–Crippen MR) is 97.1 cm³/mol. The first kappa shape index (κ1) is 18.0. The summed E-state index contributed by atoms with van der Waals surface area (Å²) in [6.07, 6.45) is 1.87. The van der Waals surface area contributed by atoms with E-state index in [-0.39, 0.29) is 12.0 Å². The Morgan fingerprint density at radius 1 is 1.21 bits per heavy atom. The number of nitrogens with one attached hydrogen (secondary N) is 1. The molecular weight excluding hydrogens is 302 g/mol. The van der Waals surface area contributed by atoms with Crippen LogP contribution in [0.15, 0.2) is 27.7 Å². The highest BCUT2D eigenvalue weighted by atomic mass is 16.5. The number of hydrogen-bond acceptors (Lipinski definition) is 4. The molecule has 0 unspecified atom stereocenters. The first-order chi connectivity index (χ1) is 11.3. The zero-order valence-corrected chi connectivity index (χ0v) is 15.2. The third-order valence-corrected chi connectivity index (χ3v) is 3.75. The second-order valence-corrected chi connectivity index (χ2v) is 6.75. The molecule has 1 aromatic carbocycles. The Bertz CT molecular complexity index is 690. The molecule has 0 aliphatic heterocycles. The lowest BCUT2D eigenvalue weighted by Crippen LogP contribution is -2.24. The second kappa shape index (κ2) is 7.47. The maximum absolute atomic E-state index is 6.05. The van der Waals surface area contributed by atoms with E-state index in [0.29, 0.717) is 17.7 Å². The molecule has 24 heavy (non-hydrogen) atoms. The van der Waals surface area contributed by atoms with Crippen LogP contribution in [-0.4, -0.2) is 16.1 Å². The van der Waals surface area contributed by atoms with Crippen LogP contribution in [0.25, 0.3) is 0 Å². The minimum atomic E-state index is -0.172. The molecule has 130 valence electrons. The Kier molecular flexibility index (Phi) is 5.59. The van der Waals surface area contributed by atoms with Gasteiger partial charge in [0.25, 0.3) is 0 Å². The molecule has 2 rings (SSSR count). The SMILES string of the molecule is CCc1cccc(CC)c1NC(N)=NCc1noc(C(C)(C)C)n1. The predicted octanol–water partition coefficient (Wildman–Crippen LogP) is 3.42.